The molecule has 30 heavy (non-hydrogen) atoms. The van der Waals surface area contributed by atoms with Crippen molar-refractivity contribution in [3.63, 3.8) is 0 Å². The van der Waals surface area contributed by atoms with Gasteiger partial charge in [-0.25, -0.2) is 19.9 Å². The van der Waals surface area contributed by atoms with Gasteiger partial charge in [0.2, 0.25) is 0 Å². The number of carbonyl (C=O) groups excluding carboxylic acids is 1. The van der Waals surface area contributed by atoms with E-state index >= 15 is 0 Å². The Hall–Kier alpha value is -3.46. The van der Waals surface area contributed by atoms with Crippen molar-refractivity contribution in [3.8, 4) is 17.5 Å². The van der Waals surface area contributed by atoms with Crippen molar-refractivity contribution >= 4 is 5.78 Å². The van der Waals surface area contributed by atoms with E-state index in [9.17, 15) is 10.1 Å². The molecule has 6 heteroatoms. The number of benzene rings is 1. The quantitative estimate of drug-likeness (QED) is 0.659. The van der Waals surface area contributed by atoms with Gasteiger partial charge in [-0.05, 0) is 36.3 Å². The standard InChI is InChI=1S/C24H21N5O/c1-15-20-8-7-16-13-28-23(18-11-26-14-27-12-18)29-22(16)24(20,9-17(10-25)21(15)30)19-5-3-2-4-6-19/h2-6,11-15,17,20H,7-9H2,1H3/t15-,17?,20-,24-/m0/s1. The lowest BCUT2D eigenvalue weighted by Crippen LogP contribution is -2.53. The average molecular weight is 395 g/mol. The fourth-order valence-electron chi connectivity index (χ4n) is 5.44. The van der Waals surface area contributed by atoms with E-state index in [0.717, 1.165) is 35.2 Å². The Labute approximate surface area is 175 Å². The Morgan fingerprint density at radius 2 is 1.90 bits per heavy atom. The van der Waals surface area contributed by atoms with Gasteiger partial charge in [0.1, 0.15) is 12.2 Å². The van der Waals surface area contributed by atoms with Crippen molar-refractivity contribution < 1.29 is 4.79 Å². The number of nitrogens with zero attached hydrogens (tertiary/aromatic N) is 5. The third-order valence-corrected chi connectivity index (χ3v) is 6.83. The Balaban J connectivity index is 1.77. The first-order valence-electron chi connectivity index (χ1n) is 10.3. The first kappa shape index (κ1) is 18.6. The summed E-state index contributed by atoms with van der Waals surface area (Å²) in [5.74, 6) is -0.109. The van der Waals surface area contributed by atoms with Crippen LogP contribution < -0.4 is 0 Å². The van der Waals surface area contributed by atoms with Crippen LogP contribution in [0.25, 0.3) is 11.4 Å². The summed E-state index contributed by atoms with van der Waals surface area (Å²) < 4.78 is 0. The fourth-order valence-corrected chi connectivity index (χ4v) is 5.44. The SMILES string of the molecule is C[C@@H]1C(=O)C(C#N)C[C@@]2(c3ccccc3)c3nc(-c4cncnc4)ncc3CC[C@@H]12. The minimum absolute atomic E-state index is 0.0586. The minimum Gasteiger partial charge on any atom is -0.298 e. The second kappa shape index (κ2) is 7.10. The van der Waals surface area contributed by atoms with Crippen LogP contribution in [0.15, 0.2) is 55.2 Å². The molecule has 1 aromatic carbocycles. The highest BCUT2D eigenvalue weighted by atomic mass is 16.1. The molecule has 1 fully saturated rings. The van der Waals surface area contributed by atoms with Gasteiger partial charge in [0.15, 0.2) is 11.6 Å². The van der Waals surface area contributed by atoms with Gasteiger partial charge in [-0.3, -0.25) is 4.79 Å². The molecule has 2 aliphatic carbocycles. The van der Waals surface area contributed by atoms with Crippen LogP contribution in [0.1, 0.15) is 36.6 Å². The number of aromatic nitrogens is 4. The Morgan fingerprint density at radius 3 is 2.63 bits per heavy atom. The van der Waals surface area contributed by atoms with E-state index in [1.165, 1.54) is 6.33 Å². The summed E-state index contributed by atoms with van der Waals surface area (Å²) in [6.07, 6.45) is 8.95. The predicted octanol–water partition coefficient (Wildman–Crippen LogP) is 3.53. The van der Waals surface area contributed by atoms with E-state index in [1.807, 2.05) is 31.3 Å². The van der Waals surface area contributed by atoms with Crippen molar-refractivity contribution in [3.05, 3.63) is 72.1 Å². The number of hydrogen-bond donors (Lipinski definition) is 0. The molecular formula is C24H21N5O. The topological polar surface area (TPSA) is 92.4 Å². The number of Topliss-reactive ketones (excluding diaryl/α,β-unsaturated/α-hetero) is 1. The Morgan fingerprint density at radius 1 is 1.13 bits per heavy atom. The molecule has 0 spiro atoms. The van der Waals surface area contributed by atoms with Crippen LogP contribution in [0.5, 0.6) is 0 Å². The van der Waals surface area contributed by atoms with E-state index in [2.05, 4.69) is 33.2 Å². The van der Waals surface area contributed by atoms with Crippen LogP contribution in [0.3, 0.4) is 0 Å². The van der Waals surface area contributed by atoms with Gasteiger partial charge in [0.25, 0.3) is 0 Å². The van der Waals surface area contributed by atoms with Gasteiger partial charge in [-0.2, -0.15) is 5.26 Å². The van der Waals surface area contributed by atoms with Crippen LogP contribution in [-0.2, 0) is 16.6 Å². The largest absolute Gasteiger partial charge is 0.298 e. The molecule has 1 saturated carbocycles. The van der Waals surface area contributed by atoms with E-state index in [-0.39, 0.29) is 17.6 Å². The second-order valence-corrected chi connectivity index (χ2v) is 8.25. The molecule has 148 valence electrons. The monoisotopic (exact) mass is 395 g/mol. The smallest absolute Gasteiger partial charge is 0.162 e. The summed E-state index contributed by atoms with van der Waals surface area (Å²) in [4.78, 5) is 30.7. The lowest BCUT2D eigenvalue weighted by atomic mass is 9.51. The lowest BCUT2D eigenvalue weighted by Gasteiger charge is -2.51. The highest BCUT2D eigenvalue weighted by Crippen LogP contribution is 2.55. The Kier molecular flexibility index (Phi) is 4.39. The fraction of sp³-hybridized carbons (Fsp3) is 0.333. The molecule has 0 radical (unpaired) electrons. The van der Waals surface area contributed by atoms with Gasteiger partial charge >= 0.3 is 0 Å². The van der Waals surface area contributed by atoms with Crippen molar-refractivity contribution in [1.82, 2.24) is 19.9 Å². The molecule has 4 atom stereocenters. The zero-order valence-electron chi connectivity index (χ0n) is 16.7. The molecule has 5 rings (SSSR count). The van der Waals surface area contributed by atoms with Gasteiger partial charge in [-0.15, -0.1) is 0 Å². The molecule has 0 saturated heterocycles. The van der Waals surface area contributed by atoms with Crippen molar-refractivity contribution in [1.29, 1.82) is 5.26 Å². The molecule has 0 amide bonds. The van der Waals surface area contributed by atoms with E-state index in [1.54, 1.807) is 12.4 Å². The maximum atomic E-state index is 12.9. The second-order valence-electron chi connectivity index (χ2n) is 8.25. The third-order valence-electron chi connectivity index (χ3n) is 6.83. The average Bonchev–Trinajstić information content (AvgIpc) is 2.82. The highest BCUT2D eigenvalue weighted by molar-refractivity contribution is 5.87. The van der Waals surface area contributed by atoms with E-state index < -0.39 is 11.3 Å². The lowest BCUT2D eigenvalue weighted by molar-refractivity contribution is -0.131. The third kappa shape index (κ3) is 2.66. The first-order valence-corrected chi connectivity index (χ1v) is 10.3. The van der Waals surface area contributed by atoms with Gasteiger partial charge in [-0.1, -0.05) is 37.3 Å². The summed E-state index contributed by atoms with van der Waals surface area (Å²) in [5.41, 5.74) is 3.41. The van der Waals surface area contributed by atoms with Crippen LogP contribution in [0, 0.1) is 29.1 Å². The molecule has 3 aromatic rings. The van der Waals surface area contributed by atoms with Crippen LogP contribution >= 0.6 is 0 Å². The van der Waals surface area contributed by atoms with Gasteiger partial charge in [0.05, 0.1) is 17.3 Å². The number of rotatable bonds is 2. The van der Waals surface area contributed by atoms with Crippen molar-refractivity contribution in [2.45, 2.75) is 31.6 Å². The number of nitriles is 1. The van der Waals surface area contributed by atoms with Crippen molar-refractivity contribution in [2.24, 2.45) is 17.8 Å². The molecule has 2 aromatic heterocycles. The highest BCUT2D eigenvalue weighted by Gasteiger charge is 2.56. The number of aryl methyl sites for hydroxylation is 1. The summed E-state index contributed by atoms with van der Waals surface area (Å²) in [6, 6.07) is 12.5. The number of carbonyl (C=O) groups is 1. The number of hydrogen-bond acceptors (Lipinski definition) is 6. The summed E-state index contributed by atoms with van der Waals surface area (Å²) in [5, 5.41) is 9.79. The van der Waals surface area contributed by atoms with Gasteiger partial charge in [0, 0.05) is 29.9 Å². The summed E-state index contributed by atoms with van der Waals surface area (Å²) in [7, 11) is 0. The molecular weight excluding hydrogens is 374 g/mol. The van der Waals surface area contributed by atoms with Crippen LogP contribution in [0.4, 0.5) is 0 Å². The van der Waals surface area contributed by atoms with Gasteiger partial charge < -0.3 is 0 Å². The summed E-state index contributed by atoms with van der Waals surface area (Å²) >= 11 is 0. The zero-order chi connectivity index (χ0) is 20.7. The van der Waals surface area contributed by atoms with E-state index in [4.69, 9.17) is 4.98 Å². The molecule has 0 aliphatic heterocycles. The normalized spacial score (nSPS) is 27.6. The molecule has 2 heterocycles. The minimum atomic E-state index is -0.638. The van der Waals surface area contributed by atoms with Crippen LogP contribution in [-0.4, -0.2) is 25.7 Å². The molecule has 1 unspecified atom stereocenters. The van der Waals surface area contributed by atoms with E-state index in [0.29, 0.717) is 12.2 Å². The Bertz CT molecular complexity index is 1140. The first-order chi connectivity index (χ1) is 14.6. The molecule has 0 bridgehead atoms. The number of ketones is 1. The van der Waals surface area contributed by atoms with Crippen molar-refractivity contribution in [2.75, 3.05) is 0 Å². The predicted molar refractivity (Wildman–Crippen MR) is 110 cm³/mol. The molecule has 0 N–H and O–H groups in total. The summed E-state index contributed by atoms with van der Waals surface area (Å²) in [6.45, 7) is 1.98. The maximum Gasteiger partial charge on any atom is 0.162 e. The number of fused-ring (bicyclic) bond motifs is 3. The molecule has 2 aliphatic rings. The zero-order valence-corrected chi connectivity index (χ0v) is 16.7. The maximum absolute atomic E-state index is 12.9. The molecule has 6 nitrogen and oxygen atoms in total. The van der Waals surface area contributed by atoms with Crippen LogP contribution in [0.2, 0.25) is 0 Å².